The van der Waals surface area contributed by atoms with Crippen LogP contribution >= 0.6 is 0 Å². The fraction of sp³-hybridized carbons (Fsp3) is 0.923. The topological polar surface area (TPSA) is 32.3 Å². The molecular formula is C13H26N2O. The number of carbonyl (C=O) groups excluding carboxylic acids is 1. The van der Waals surface area contributed by atoms with Crippen molar-refractivity contribution in [3.8, 4) is 0 Å². The summed E-state index contributed by atoms with van der Waals surface area (Å²) in [4.78, 5) is 14.0. The fourth-order valence-electron chi connectivity index (χ4n) is 2.37. The zero-order valence-electron chi connectivity index (χ0n) is 11.2. The average molecular weight is 226 g/mol. The highest BCUT2D eigenvalue weighted by Gasteiger charge is 2.29. The Balaban J connectivity index is 2.33. The molecule has 16 heavy (non-hydrogen) atoms. The number of carbonyl (C=O) groups is 1. The second-order valence-electron chi connectivity index (χ2n) is 5.97. The van der Waals surface area contributed by atoms with Crippen LogP contribution in [0.1, 0.15) is 46.5 Å². The second-order valence-corrected chi connectivity index (χ2v) is 5.97. The lowest BCUT2D eigenvalue weighted by Gasteiger charge is -2.25. The van der Waals surface area contributed by atoms with E-state index in [4.69, 9.17) is 0 Å². The molecule has 0 saturated carbocycles. The van der Waals surface area contributed by atoms with Gasteiger partial charge in [0.2, 0.25) is 5.91 Å². The van der Waals surface area contributed by atoms with Crippen molar-refractivity contribution in [1.82, 2.24) is 10.2 Å². The van der Waals surface area contributed by atoms with Crippen LogP contribution in [-0.4, -0.2) is 37.0 Å². The second kappa shape index (κ2) is 5.67. The van der Waals surface area contributed by atoms with Crippen molar-refractivity contribution in [3.63, 3.8) is 0 Å². The Bertz CT molecular complexity index is 233. The van der Waals surface area contributed by atoms with Crippen LogP contribution in [-0.2, 0) is 4.79 Å². The highest BCUT2D eigenvalue weighted by atomic mass is 16.2. The number of rotatable bonds is 4. The van der Waals surface area contributed by atoms with E-state index in [1.165, 1.54) is 12.8 Å². The maximum absolute atomic E-state index is 11.6. The van der Waals surface area contributed by atoms with Gasteiger partial charge in [-0.3, -0.25) is 9.69 Å². The van der Waals surface area contributed by atoms with E-state index in [0.717, 1.165) is 25.9 Å². The van der Waals surface area contributed by atoms with E-state index in [1.54, 1.807) is 7.05 Å². The number of nitrogens with one attached hydrogen (secondary N) is 1. The van der Waals surface area contributed by atoms with Gasteiger partial charge in [0.15, 0.2) is 0 Å². The largest absolute Gasteiger partial charge is 0.358 e. The Kier molecular flexibility index (Phi) is 4.78. The van der Waals surface area contributed by atoms with Gasteiger partial charge in [-0.2, -0.15) is 0 Å². The highest BCUT2D eigenvalue weighted by Crippen LogP contribution is 2.23. The van der Waals surface area contributed by atoms with Crippen molar-refractivity contribution in [2.45, 2.75) is 52.5 Å². The minimum atomic E-state index is 0.130. The van der Waals surface area contributed by atoms with E-state index in [1.807, 2.05) is 0 Å². The molecule has 0 spiro atoms. The van der Waals surface area contributed by atoms with Gasteiger partial charge < -0.3 is 5.32 Å². The smallest absolute Gasteiger partial charge is 0.237 e. The molecule has 0 bridgehead atoms. The number of amides is 1. The molecule has 1 atom stereocenters. The summed E-state index contributed by atoms with van der Waals surface area (Å²) in [6, 6.07) is 0.130. The number of nitrogens with zero attached hydrogens (tertiary/aromatic N) is 1. The molecule has 1 amide bonds. The Hall–Kier alpha value is -0.570. The van der Waals surface area contributed by atoms with Crippen LogP contribution in [0.4, 0.5) is 0 Å². The first kappa shape index (κ1) is 13.5. The van der Waals surface area contributed by atoms with Gasteiger partial charge in [0.25, 0.3) is 0 Å². The first-order chi connectivity index (χ1) is 7.44. The lowest BCUT2D eigenvalue weighted by molar-refractivity contribution is -0.125. The van der Waals surface area contributed by atoms with E-state index in [0.29, 0.717) is 5.41 Å². The van der Waals surface area contributed by atoms with Crippen LogP contribution in [0.3, 0.4) is 0 Å². The van der Waals surface area contributed by atoms with E-state index in [-0.39, 0.29) is 11.9 Å². The van der Waals surface area contributed by atoms with E-state index in [2.05, 4.69) is 31.0 Å². The molecule has 1 N–H and O–H groups in total. The Labute approximate surface area is 99.6 Å². The summed E-state index contributed by atoms with van der Waals surface area (Å²) < 4.78 is 0. The molecule has 0 aromatic rings. The van der Waals surface area contributed by atoms with Gasteiger partial charge in [-0.15, -0.1) is 0 Å². The van der Waals surface area contributed by atoms with E-state index < -0.39 is 0 Å². The van der Waals surface area contributed by atoms with Gasteiger partial charge in [0.1, 0.15) is 0 Å². The van der Waals surface area contributed by atoms with Gasteiger partial charge in [-0.1, -0.05) is 20.8 Å². The van der Waals surface area contributed by atoms with Gasteiger partial charge in [-0.05, 0) is 44.2 Å². The molecule has 1 saturated heterocycles. The Morgan fingerprint density at radius 2 is 2.12 bits per heavy atom. The van der Waals surface area contributed by atoms with Crippen LogP contribution in [0.5, 0.6) is 0 Å². The van der Waals surface area contributed by atoms with Crippen molar-refractivity contribution in [1.29, 1.82) is 0 Å². The van der Waals surface area contributed by atoms with Crippen LogP contribution in [0.15, 0.2) is 0 Å². The average Bonchev–Trinajstić information content (AvgIpc) is 2.63. The molecule has 1 aliphatic heterocycles. The van der Waals surface area contributed by atoms with E-state index >= 15 is 0 Å². The monoisotopic (exact) mass is 226 g/mol. The van der Waals surface area contributed by atoms with E-state index in [9.17, 15) is 4.79 Å². The number of likely N-dealkylation sites (N-methyl/N-ethyl adjacent to an activating group) is 1. The molecule has 0 aliphatic carbocycles. The first-order valence-electron chi connectivity index (χ1n) is 6.40. The quantitative estimate of drug-likeness (QED) is 0.795. The Morgan fingerprint density at radius 1 is 1.44 bits per heavy atom. The van der Waals surface area contributed by atoms with Crippen LogP contribution < -0.4 is 5.32 Å². The lowest BCUT2D eigenvalue weighted by Crippen LogP contribution is -2.42. The molecule has 0 aromatic heterocycles. The fourth-order valence-corrected chi connectivity index (χ4v) is 2.37. The molecular weight excluding hydrogens is 200 g/mol. The Morgan fingerprint density at radius 3 is 2.69 bits per heavy atom. The predicted molar refractivity (Wildman–Crippen MR) is 67.4 cm³/mol. The summed E-state index contributed by atoms with van der Waals surface area (Å²) in [5, 5.41) is 2.76. The van der Waals surface area contributed by atoms with Gasteiger partial charge in [0, 0.05) is 7.05 Å². The molecule has 3 nitrogen and oxygen atoms in total. The minimum Gasteiger partial charge on any atom is -0.358 e. The van der Waals surface area contributed by atoms with Gasteiger partial charge in [0.05, 0.1) is 6.04 Å². The highest BCUT2D eigenvalue weighted by molar-refractivity contribution is 5.81. The molecule has 94 valence electrons. The van der Waals surface area contributed by atoms with Gasteiger partial charge in [-0.25, -0.2) is 0 Å². The third-order valence-electron chi connectivity index (χ3n) is 3.28. The van der Waals surface area contributed by atoms with Crippen LogP contribution in [0.2, 0.25) is 0 Å². The standard InChI is InChI=1S/C13H26N2O/c1-13(2,3)8-6-10-15-9-5-7-11(15)12(16)14-4/h11H,5-10H2,1-4H3,(H,14,16)/t11-/m0/s1. The molecule has 1 rings (SSSR count). The molecule has 3 heteroatoms. The number of hydrogen-bond donors (Lipinski definition) is 1. The minimum absolute atomic E-state index is 0.130. The molecule has 0 radical (unpaired) electrons. The zero-order valence-corrected chi connectivity index (χ0v) is 11.2. The van der Waals surface area contributed by atoms with Crippen molar-refractivity contribution in [2.24, 2.45) is 5.41 Å². The molecule has 1 aliphatic rings. The first-order valence-corrected chi connectivity index (χ1v) is 6.40. The van der Waals surface area contributed by atoms with Crippen molar-refractivity contribution < 1.29 is 4.79 Å². The maximum Gasteiger partial charge on any atom is 0.237 e. The summed E-state index contributed by atoms with van der Waals surface area (Å²) in [7, 11) is 1.73. The van der Waals surface area contributed by atoms with Gasteiger partial charge >= 0.3 is 0 Å². The summed E-state index contributed by atoms with van der Waals surface area (Å²) >= 11 is 0. The summed E-state index contributed by atoms with van der Waals surface area (Å²) in [5.41, 5.74) is 0.405. The zero-order chi connectivity index (χ0) is 12.2. The van der Waals surface area contributed by atoms with Crippen LogP contribution in [0, 0.1) is 5.41 Å². The lowest BCUT2D eigenvalue weighted by atomic mass is 9.90. The predicted octanol–water partition coefficient (Wildman–Crippen LogP) is 2.02. The van der Waals surface area contributed by atoms with Crippen LogP contribution in [0.25, 0.3) is 0 Å². The number of likely N-dealkylation sites (tertiary alicyclic amines) is 1. The SMILES string of the molecule is CNC(=O)[C@@H]1CCCN1CCCC(C)(C)C. The molecule has 0 aromatic carbocycles. The van der Waals surface area contributed by atoms with Crippen molar-refractivity contribution >= 4 is 5.91 Å². The normalized spacial score (nSPS) is 22.4. The summed E-state index contributed by atoms with van der Waals surface area (Å²) in [6.07, 6.45) is 4.60. The molecule has 1 heterocycles. The summed E-state index contributed by atoms with van der Waals surface area (Å²) in [5.74, 6) is 0.188. The third kappa shape index (κ3) is 4.12. The van der Waals surface area contributed by atoms with Crippen molar-refractivity contribution in [2.75, 3.05) is 20.1 Å². The number of hydrogen-bond acceptors (Lipinski definition) is 2. The molecule has 1 fully saturated rings. The summed E-state index contributed by atoms with van der Waals surface area (Å²) in [6.45, 7) is 8.96. The molecule has 0 unspecified atom stereocenters. The third-order valence-corrected chi connectivity index (χ3v) is 3.28. The maximum atomic E-state index is 11.6. The van der Waals surface area contributed by atoms with Crippen molar-refractivity contribution in [3.05, 3.63) is 0 Å².